The zero-order valence-corrected chi connectivity index (χ0v) is 26.4. The first-order valence-corrected chi connectivity index (χ1v) is 16.3. The Kier molecular flexibility index (Phi) is 8.40. The van der Waals surface area contributed by atoms with E-state index in [0.717, 1.165) is 52.3 Å². The van der Waals surface area contributed by atoms with E-state index in [-0.39, 0.29) is 23.7 Å². The number of nitro groups is 1. The number of hydrogen-bond donors (Lipinski definition) is 2. The lowest BCUT2D eigenvalue weighted by Crippen LogP contribution is -2.33. The van der Waals surface area contributed by atoms with E-state index in [1.54, 1.807) is 0 Å². The van der Waals surface area contributed by atoms with Crippen molar-refractivity contribution >= 4 is 63.6 Å². The van der Waals surface area contributed by atoms with E-state index in [2.05, 4.69) is 24.1 Å². The van der Waals surface area contributed by atoms with Gasteiger partial charge in [0, 0.05) is 47.4 Å². The van der Waals surface area contributed by atoms with Gasteiger partial charge < -0.3 is 15.3 Å². The van der Waals surface area contributed by atoms with Gasteiger partial charge >= 0.3 is 4.87 Å². The van der Waals surface area contributed by atoms with Crippen molar-refractivity contribution in [2.24, 2.45) is 5.92 Å². The molecule has 1 aromatic heterocycles. The Morgan fingerprint density at radius 3 is 2.22 bits per heavy atom. The second-order valence-electron chi connectivity index (χ2n) is 10.8. The SMILES string of the molecule is CCN(CC)c1ccc(C2c3sc(=O)n(CC(=O)Nc4ccc(O)cc4)c3SC3C(=O)N(c4ccc([N+](=O)[O-])cc4)C(=O)C32)cc1. The molecule has 0 bridgehead atoms. The molecule has 3 amide bonds. The molecule has 1 saturated heterocycles. The molecule has 14 heteroatoms. The number of phenols is 1. The number of benzene rings is 3. The van der Waals surface area contributed by atoms with Crippen molar-refractivity contribution in [3.05, 3.63) is 103 Å². The zero-order chi connectivity index (χ0) is 32.7. The summed E-state index contributed by atoms with van der Waals surface area (Å²) in [5, 5.41) is 23.0. The smallest absolute Gasteiger partial charge is 0.308 e. The van der Waals surface area contributed by atoms with Gasteiger partial charge in [-0.05, 0) is 67.9 Å². The minimum absolute atomic E-state index is 0.0433. The van der Waals surface area contributed by atoms with Crippen LogP contribution in [0.5, 0.6) is 5.75 Å². The number of imide groups is 1. The Morgan fingerprint density at radius 2 is 1.61 bits per heavy atom. The molecule has 3 unspecified atom stereocenters. The molecule has 1 fully saturated rings. The molecule has 3 heterocycles. The average molecular weight is 660 g/mol. The lowest BCUT2D eigenvalue weighted by molar-refractivity contribution is -0.384. The van der Waals surface area contributed by atoms with Crippen LogP contribution in [0.25, 0.3) is 0 Å². The number of amides is 3. The van der Waals surface area contributed by atoms with Crippen LogP contribution >= 0.6 is 23.1 Å². The Labute approximate surface area is 271 Å². The molecular weight excluding hydrogens is 631 g/mol. The van der Waals surface area contributed by atoms with Crippen LogP contribution in [0.2, 0.25) is 0 Å². The maximum atomic E-state index is 14.1. The predicted molar refractivity (Wildman–Crippen MR) is 176 cm³/mol. The van der Waals surface area contributed by atoms with Crippen LogP contribution in [0.15, 0.2) is 82.6 Å². The normalized spacial score (nSPS) is 18.7. The van der Waals surface area contributed by atoms with Gasteiger partial charge in [-0.15, -0.1) is 0 Å². The Balaban J connectivity index is 1.40. The zero-order valence-electron chi connectivity index (χ0n) is 24.8. The number of aromatic nitrogens is 1. The molecule has 2 aliphatic heterocycles. The topological polar surface area (TPSA) is 155 Å². The van der Waals surface area contributed by atoms with E-state index in [4.69, 9.17) is 0 Å². The standard InChI is InChI=1S/C32H29N5O7S2/c1-3-34(4-2)20-9-5-18(6-10-20)25-26-27(30(41)36(29(26)40)21-11-13-22(14-12-21)37(43)44)45-31-28(25)46-32(42)35(31)17-24(39)33-19-7-15-23(38)16-8-19/h5-16,25-27,38H,3-4,17H2,1-2H3,(H,33,39). The van der Waals surface area contributed by atoms with Gasteiger partial charge in [-0.25, -0.2) is 4.90 Å². The quantitative estimate of drug-likeness (QED) is 0.112. The first-order valence-electron chi connectivity index (χ1n) is 14.6. The van der Waals surface area contributed by atoms with Crippen LogP contribution in [0.4, 0.5) is 22.7 Å². The summed E-state index contributed by atoms with van der Waals surface area (Å²) in [6, 6.07) is 18.9. The molecular formula is C32H29N5O7S2. The number of thiazole rings is 1. The highest BCUT2D eigenvalue weighted by Gasteiger charge is 2.56. The molecule has 0 radical (unpaired) electrons. The molecule has 46 heavy (non-hydrogen) atoms. The average Bonchev–Trinajstić information content (AvgIpc) is 3.49. The van der Waals surface area contributed by atoms with Crippen molar-refractivity contribution in [2.75, 3.05) is 28.2 Å². The number of nitro benzene ring substituents is 1. The molecule has 0 saturated carbocycles. The summed E-state index contributed by atoms with van der Waals surface area (Å²) in [5.41, 5.74) is 2.24. The fourth-order valence-corrected chi connectivity index (χ4v) is 8.74. The van der Waals surface area contributed by atoms with Gasteiger partial charge in [0.15, 0.2) is 0 Å². The molecule has 12 nitrogen and oxygen atoms in total. The summed E-state index contributed by atoms with van der Waals surface area (Å²) < 4.78 is 1.33. The second-order valence-corrected chi connectivity index (χ2v) is 12.9. The number of rotatable bonds is 9. The van der Waals surface area contributed by atoms with E-state index in [1.165, 1.54) is 53.1 Å². The fourth-order valence-electron chi connectivity index (χ4n) is 5.96. The highest BCUT2D eigenvalue weighted by atomic mass is 32.2. The van der Waals surface area contributed by atoms with Crippen LogP contribution in [0.3, 0.4) is 0 Å². The van der Waals surface area contributed by atoms with E-state index in [9.17, 15) is 34.4 Å². The number of thioether (sulfide) groups is 1. The molecule has 236 valence electrons. The maximum Gasteiger partial charge on any atom is 0.308 e. The number of nitrogens with zero attached hydrogens (tertiary/aromatic N) is 4. The number of hydrogen-bond acceptors (Lipinski definition) is 10. The van der Waals surface area contributed by atoms with Gasteiger partial charge in [-0.3, -0.25) is 33.9 Å². The summed E-state index contributed by atoms with van der Waals surface area (Å²) in [7, 11) is 0. The molecule has 3 aromatic carbocycles. The summed E-state index contributed by atoms with van der Waals surface area (Å²) in [5.74, 6) is -2.89. The third-order valence-corrected chi connectivity index (χ3v) is 10.8. The summed E-state index contributed by atoms with van der Waals surface area (Å²) in [6.45, 7) is 5.40. The number of phenolic OH excluding ortho intramolecular Hbond substituents is 1. The number of carbonyl (C=O) groups excluding carboxylic acids is 3. The Morgan fingerprint density at radius 1 is 0.957 bits per heavy atom. The van der Waals surface area contributed by atoms with E-state index in [1.807, 2.05) is 24.3 Å². The number of carbonyl (C=O) groups is 3. The Bertz CT molecular complexity index is 1880. The molecule has 0 aliphatic carbocycles. The lowest BCUT2D eigenvalue weighted by atomic mass is 9.83. The van der Waals surface area contributed by atoms with E-state index in [0.29, 0.717) is 15.6 Å². The third kappa shape index (κ3) is 5.54. The van der Waals surface area contributed by atoms with Crippen molar-refractivity contribution in [1.29, 1.82) is 0 Å². The number of aromatic hydroxyl groups is 1. The van der Waals surface area contributed by atoms with Crippen LogP contribution < -0.4 is 20.0 Å². The summed E-state index contributed by atoms with van der Waals surface area (Å²) in [4.78, 5) is 68.6. The molecule has 0 spiro atoms. The monoisotopic (exact) mass is 659 g/mol. The van der Waals surface area contributed by atoms with Crippen molar-refractivity contribution in [1.82, 2.24) is 4.57 Å². The van der Waals surface area contributed by atoms with Gasteiger partial charge in [0.05, 0.1) is 21.6 Å². The number of anilines is 3. The highest BCUT2D eigenvalue weighted by molar-refractivity contribution is 8.00. The number of non-ortho nitro benzene ring substituents is 1. The molecule has 4 aromatic rings. The third-order valence-electron chi connectivity index (χ3n) is 8.20. The van der Waals surface area contributed by atoms with Crippen LogP contribution in [0.1, 0.15) is 30.2 Å². The van der Waals surface area contributed by atoms with Gasteiger partial charge in [0.25, 0.3) is 5.69 Å². The fraction of sp³-hybridized carbons (Fsp3) is 0.250. The molecule has 2 N–H and O–H groups in total. The largest absolute Gasteiger partial charge is 0.508 e. The molecule has 2 aliphatic rings. The number of fused-ring (bicyclic) bond motifs is 2. The second kappa shape index (κ2) is 12.4. The van der Waals surface area contributed by atoms with Crippen molar-refractivity contribution in [2.45, 2.75) is 36.6 Å². The lowest BCUT2D eigenvalue weighted by Gasteiger charge is -2.31. The summed E-state index contributed by atoms with van der Waals surface area (Å²) in [6.07, 6.45) is 0. The van der Waals surface area contributed by atoms with Crippen molar-refractivity contribution in [3.8, 4) is 5.75 Å². The summed E-state index contributed by atoms with van der Waals surface area (Å²) >= 11 is 2.04. The first kappa shape index (κ1) is 31.0. The highest BCUT2D eigenvalue weighted by Crippen LogP contribution is 2.54. The van der Waals surface area contributed by atoms with Crippen LogP contribution in [0, 0.1) is 16.0 Å². The first-order chi connectivity index (χ1) is 22.1. The minimum atomic E-state index is -0.900. The van der Waals surface area contributed by atoms with Gasteiger partial charge in [0.1, 0.15) is 17.5 Å². The van der Waals surface area contributed by atoms with E-state index < -0.39 is 44.6 Å². The van der Waals surface area contributed by atoms with Crippen LogP contribution in [-0.4, -0.2) is 50.7 Å². The van der Waals surface area contributed by atoms with E-state index >= 15 is 0 Å². The van der Waals surface area contributed by atoms with Crippen molar-refractivity contribution in [3.63, 3.8) is 0 Å². The molecule has 6 rings (SSSR count). The predicted octanol–water partition coefficient (Wildman–Crippen LogP) is 4.80. The van der Waals surface area contributed by atoms with Gasteiger partial charge in [-0.2, -0.15) is 0 Å². The Hall–Kier alpha value is -4.95. The van der Waals surface area contributed by atoms with Crippen molar-refractivity contribution < 1.29 is 24.4 Å². The molecule has 3 atom stereocenters. The number of nitrogens with one attached hydrogen (secondary N) is 1. The van der Waals surface area contributed by atoms with Gasteiger partial charge in [-0.1, -0.05) is 35.2 Å². The van der Waals surface area contributed by atoms with Crippen LogP contribution in [-0.2, 0) is 20.9 Å². The maximum absolute atomic E-state index is 14.1. The van der Waals surface area contributed by atoms with Gasteiger partial charge in [0.2, 0.25) is 17.7 Å². The minimum Gasteiger partial charge on any atom is -0.508 e.